The number of benzene rings is 1. The first kappa shape index (κ1) is 13.1. The van der Waals surface area contributed by atoms with Crippen LogP contribution in [0.15, 0.2) is 24.3 Å². The molecule has 0 aliphatic heterocycles. The number of hydrogen-bond donors (Lipinski definition) is 2. The number of carbonyl (C=O) groups is 1. The predicted molar refractivity (Wildman–Crippen MR) is 74.5 cm³/mol. The summed E-state index contributed by atoms with van der Waals surface area (Å²) >= 11 is 0. The fourth-order valence-electron chi connectivity index (χ4n) is 2.46. The molecule has 1 saturated carbocycles. The van der Waals surface area contributed by atoms with Gasteiger partial charge in [0.2, 0.25) is 5.91 Å². The largest absolute Gasteiger partial charge is 0.326 e. The van der Waals surface area contributed by atoms with Crippen molar-refractivity contribution in [2.75, 3.05) is 5.32 Å². The molecule has 0 heterocycles. The average molecular weight is 246 g/mol. The summed E-state index contributed by atoms with van der Waals surface area (Å²) in [6.07, 6.45) is 5.15. The van der Waals surface area contributed by atoms with Gasteiger partial charge in [-0.05, 0) is 43.4 Å². The fraction of sp³-hybridized carbons (Fsp3) is 0.533. The van der Waals surface area contributed by atoms with Crippen LogP contribution in [0.3, 0.4) is 0 Å². The van der Waals surface area contributed by atoms with Gasteiger partial charge in [0.05, 0.1) is 0 Å². The number of hydrogen-bond acceptors (Lipinski definition) is 2. The third-order valence-corrected chi connectivity index (χ3v) is 3.93. The highest BCUT2D eigenvalue weighted by Gasteiger charge is 2.33. The Labute approximate surface area is 109 Å². The molecule has 98 valence electrons. The van der Waals surface area contributed by atoms with Gasteiger partial charge in [-0.15, -0.1) is 0 Å². The Hall–Kier alpha value is -1.35. The molecule has 1 aliphatic carbocycles. The molecule has 0 radical (unpaired) electrons. The molecule has 0 saturated heterocycles. The molecule has 3 nitrogen and oxygen atoms in total. The summed E-state index contributed by atoms with van der Waals surface area (Å²) in [4.78, 5) is 10.9. The Balaban J connectivity index is 1.88. The minimum atomic E-state index is -0.0275. The second-order valence-electron chi connectivity index (χ2n) is 5.22. The van der Waals surface area contributed by atoms with Crippen LogP contribution in [-0.2, 0) is 11.3 Å². The number of amides is 1. The Kier molecular flexibility index (Phi) is 4.02. The summed E-state index contributed by atoms with van der Waals surface area (Å²) in [5.41, 5.74) is 2.51. The second-order valence-corrected chi connectivity index (χ2v) is 5.22. The van der Waals surface area contributed by atoms with E-state index in [9.17, 15) is 4.79 Å². The fourth-order valence-corrected chi connectivity index (χ4v) is 2.46. The van der Waals surface area contributed by atoms with Gasteiger partial charge in [0.15, 0.2) is 0 Å². The SMILES string of the molecule is CCC1(NCc2ccc(NC(C)=O)cc2)CCC1. The molecule has 18 heavy (non-hydrogen) atoms. The standard InChI is InChI=1S/C15H22N2O/c1-3-15(9-4-10-15)16-11-13-5-7-14(8-6-13)17-12(2)18/h5-8,16H,3-4,9-11H2,1-2H3,(H,17,18). The minimum Gasteiger partial charge on any atom is -0.326 e. The van der Waals surface area contributed by atoms with Crippen molar-refractivity contribution in [3.05, 3.63) is 29.8 Å². The molecule has 2 N–H and O–H groups in total. The van der Waals surface area contributed by atoms with E-state index in [0.29, 0.717) is 5.54 Å². The van der Waals surface area contributed by atoms with E-state index in [1.807, 2.05) is 12.1 Å². The van der Waals surface area contributed by atoms with Crippen LogP contribution in [0.5, 0.6) is 0 Å². The zero-order valence-corrected chi connectivity index (χ0v) is 11.3. The van der Waals surface area contributed by atoms with Crippen LogP contribution in [0.4, 0.5) is 5.69 Å². The smallest absolute Gasteiger partial charge is 0.221 e. The summed E-state index contributed by atoms with van der Waals surface area (Å²) in [6.45, 7) is 4.69. The van der Waals surface area contributed by atoms with Crippen molar-refractivity contribution in [1.82, 2.24) is 5.32 Å². The van der Waals surface area contributed by atoms with Gasteiger partial charge in [-0.2, -0.15) is 0 Å². The summed E-state index contributed by atoms with van der Waals surface area (Å²) in [5, 5.41) is 6.45. The second kappa shape index (κ2) is 5.53. The molecule has 1 aliphatic rings. The Morgan fingerprint density at radius 1 is 1.28 bits per heavy atom. The van der Waals surface area contributed by atoms with E-state index in [1.165, 1.54) is 38.2 Å². The van der Waals surface area contributed by atoms with Crippen LogP contribution in [0.1, 0.15) is 45.1 Å². The molecule has 0 bridgehead atoms. The van der Waals surface area contributed by atoms with Gasteiger partial charge in [-0.3, -0.25) is 4.79 Å². The van der Waals surface area contributed by atoms with Crippen molar-refractivity contribution >= 4 is 11.6 Å². The molecular formula is C15H22N2O. The first-order valence-electron chi connectivity index (χ1n) is 6.75. The zero-order valence-electron chi connectivity index (χ0n) is 11.3. The monoisotopic (exact) mass is 246 g/mol. The highest BCUT2D eigenvalue weighted by atomic mass is 16.1. The number of nitrogens with one attached hydrogen (secondary N) is 2. The summed E-state index contributed by atoms with van der Waals surface area (Å²) in [6, 6.07) is 8.05. The van der Waals surface area contributed by atoms with E-state index in [-0.39, 0.29) is 5.91 Å². The molecule has 0 spiro atoms. The quantitative estimate of drug-likeness (QED) is 0.838. The molecule has 1 fully saturated rings. The van der Waals surface area contributed by atoms with Gasteiger partial charge in [0.25, 0.3) is 0 Å². The van der Waals surface area contributed by atoms with Gasteiger partial charge < -0.3 is 10.6 Å². The van der Waals surface area contributed by atoms with E-state index in [2.05, 4.69) is 29.7 Å². The van der Waals surface area contributed by atoms with Crippen molar-refractivity contribution in [1.29, 1.82) is 0 Å². The maximum atomic E-state index is 10.9. The number of anilines is 1. The summed E-state index contributed by atoms with van der Waals surface area (Å²) < 4.78 is 0. The average Bonchev–Trinajstić information content (AvgIpc) is 2.30. The van der Waals surface area contributed by atoms with E-state index >= 15 is 0 Å². The van der Waals surface area contributed by atoms with E-state index in [0.717, 1.165) is 12.2 Å². The predicted octanol–water partition coefficient (Wildman–Crippen LogP) is 3.07. The van der Waals surface area contributed by atoms with Crippen LogP contribution in [0.2, 0.25) is 0 Å². The lowest BCUT2D eigenvalue weighted by Crippen LogP contribution is -2.49. The van der Waals surface area contributed by atoms with Crippen LogP contribution in [0, 0.1) is 0 Å². The summed E-state index contributed by atoms with van der Waals surface area (Å²) in [7, 11) is 0. The maximum absolute atomic E-state index is 10.9. The molecule has 1 aromatic carbocycles. The highest BCUT2D eigenvalue weighted by Crippen LogP contribution is 2.34. The third kappa shape index (κ3) is 3.10. The molecule has 0 atom stereocenters. The molecule has 1 amide bonds. The van der Waals surface area contributed by atoms with Crippen molar-refractivity contribution in [2.24, 2.45) is 0 Å². The van der Waals surface area contributed by atoms with E-state index in [4.69, 9.17) is 0 Å². The molecule has 1 aromatic rings. The molecule has 0 aromatic heterocycles. The summed E-state index contributed by atoms with van der Waals surface area (Å²) in [5.74, 6) is -0.0275. The van der Waals surface area contributed by atoms with Crippen LogP contribution in [-0.4, -0.2) is 11.4 Å². The number of carbonyl (C=O) groups excluding carboxylic acids is 1. The van der Waals surface area contributed by atoms with Crippen LogP contribution >= 0.6 is 0 Å². The van der Waals surface area contributed by atoms with Gasteiger partial charge >= 0.3 is 0 Å². The highest BCUT2D eigenvalue weighted by molar-refractivity contribution is 5.88. The lowest BCUT2D eigenvalue weighted by atomic mass is 9.75. The van der Waals surface area contributed by atoms with Gasteiger partial charge in [0.1, 0.15) is 0 Å². The normalized spacial score (nSPS) is 17.0. The van der Waals surface area contributed by atoms with Crippen LogP contribution < -0.4 is 10.6 Å². The molecule has 2 rings (SSSR count). The van der Waals surface area contributed by atoms with Crippen molar-refractivity contribution < 1.29 is 4.79 Å². The van der Waals surface area contributed by atoms with Crippen LogP contribution in [0.25, 0.3) is 0 Å². The van der Waals surface area contributed by atoms with Crippen molar-refractivity contribution in [3.63, 3.8) is 0 Å². The maximum Gasteiger partial charge on any atom is 0.221 e. The molecule has 0 unspecified atom stereocenters. The lowest BCUT2D eigenvalue weighted by molar-refractivity contribution is -0.114. The molecular weight excluding hydrogens is 224 g/mol. The van der Waals surface area contributed by atoms with Crippen molar-refractivity contribution in [3.8, 4) is 0 Å². The molecule has 3 heteroatoms. The lowest BCUT2D eigenvalue weighted by Gasteiger charge is -2.42. The topological polar surface area (TPSA) is 41.1 Å². The minimum absolute atomic E-state index is 0.0275. The van der Waals surface area contributed by atoms with E-state index < -0.39 is 0 Å². The third-order valence-electron chi connectivity index (χ3n) is 3.93. The zero-order chi connectivity index (χ0) is 13.0. The Morgan fingerprint density at radius 3 is 2.39 bits per heavy atom. The van der Waals surface area contributed by atoms with E-state index in [1.54, 1.807) is 0 Å². The van der Waals surface area contributed by atoms with Gasteiger partial charge in [-0.1, -0.05) is 19.1 Å². The first-order valence-corrected chi connectivity index (χ1v) is 6.75. The van der Waals surface area contributed by atoms with Gasteiger partial charge in [-0.25, -0.2) is 0 Å². The first-order chi connectivity index (χ1) is 8.63. The number of rotatable bonds is 5. The van der Waals surface area contributed by atoms with Gasteiger partial charge in [0, 0.05) is 24.7 Å². The Morgan fingerprint density at radius 2 is 1.94 bits per heavy atom. The van der Waals surface area contributed by atoms with Crippen molar-refractivity contribution in [2.45, 2.75) is 51.6 Å². The Bertz CT molecular complexity index is 401.